The summed E-state index contributed by atoms with van der Waals surface area (Å²) in [4.78, 5) is 2.52. The van der Waals surface area contributed by atoms with Crippen LogP contribution in [0.15, 0.2) is 261 Å². The van der Waals surface area contributed by atoms with Crippen molar-refractivity contribution in [1.29, 1.82) is 0 Å². The predicted molar refractivity (Wildman–Crippen MR) is 278 cm³/mol. The van der Waals surface area contributed by atoms with Crippen LogP contribution in [0.3, 0.4) is 0 Å². The van der Waals surface area contributed by atoms with Crippen molar-refractivity contribution in [3.8, 4) is 44.8 Å². The molecule has 0 bridgehead atoms. The topological polar surface area (TPSA) is 20.5 Å². The number of pyridine rings is 1. The first kappa shape index (κ1) is 38.6. The molecule has 13 rings (SSSR count). The number of hydrogen-bond donors (Lipinski definition) is 0. The summed E-state index contributed by atoms with van der Waals surface area (Å²) in [5, 5.41) is 10.2. The summed E-state index contributed by atoms with van der Waals surface area (Å²) in [5.74, 6) is 0. The molecule has 2 aromatic heterocycles. The summed E-state index contributed by atoms with van der Waals surface area (Å²) < 4.78 is 2.19. The van der Waals surface area contributed by atoms with E-state index in [1.54, 1.807) is 0 Å². The molecule has 0 amide bonds. The van der Waals surface area contributed by atoms with Gasteiger partial charge in [-0.25, -0.2) is 4.52 Å². The van der Waals surface area contributed by atoms with Crippen LogP contribution < -0.4 is 4.90 Å². The number of hydrogen-bond acceptors (Lipinski definition) is 2. The van der Waals surface area contributed by atoms with Crippen molar-refractivity contribution < 1.29 is 0 Å². The third-order valence-electron chi connectivity index (χ3n) is 13.8. The highest BCUT2D eigenvalue weighted by Gasteiger charge is 2.47. The Balaban J connectivity index is 1.15. The quantitative estimate of drug-likeness (QED) is 0.152. The third-order valence-corrected chi connectivity index (χ3v) is 13.8. The number of anilines is 3. The summed E-state index contributed by atoms with van der Waals surface area (Å²) in [6, 6.07) is 95.0. The van der Waals surface area contributed by atoms with Crippen LogP contribution in [0.1, 0.15) is 22.3 Å². The predicted octanol–water partition coefficient (Wildman–Crippen LogP) is 16.5. The van der Waals surface area contributed by atoms with Crippen LogP contribution in [0.25, 0.3) is 71.8 Å². The number of benzene rings is 10. The molecule has 0 aliphatic heterocycles. The lowest BCUT2D eigenvalue weighted by molar-refractivity contribution is 0.768. The van der Waals surface area contributed by atoms with E-state index in [4.69, 9.17) is 5.10 Å². The van der Waals surface area contributed by atoms with Crippen LogP contribution in [-0.4, -0.2) is 9.61 Å². The highest BCUT2D eigenvalue weighted by Crippen LogP contribution is 2.60. The molecule has 0 N–H and O–H groups in total. The van der Waals surface area contributed by atoms with Crippen LogP contribution in [-0.2, 0) is 5.41 Å². The van der Waals surface area contributed by atoms with Crippen molar-refractivity contribution in [2.24, 2.45) is 0 Å². The molecular formula is C64H43N3. The summed E-state index contributed by atoms with van der Waals surface area (Å²) in [5.41, 5.74) is 17.7. The van der Waals surface area contributed by atoms with Gasteiger partial charge in [0.25, 0.3) is 0 Å². The van der Waals surface area contributed by atoms with Crippen molar-refractivity contribution in [1.82, 2.24) is 9.61 Å². The smallest absolute Gasteiger partial charge is 0.101 e. The minimum atomic E-state index is -0.547. The van der Waals surface area contributed by atoms with Crippen molar-refractivity contribution in [3.63, 3.8) is 0 Å². The SMILES string of the molecule is c1ccc(-c2nn3c(-c4ccccc4)cc4ccc(N(c5cccc6c5-c5ccccc5C6(c5ccccc5)c5ccccc5)c5cccc6ccccc56)cc4c3c2-c2ccccc2)cc1. The van der Waals surface area contributed by atoms with E-state index in [2.05, 4.69) is 270 Å². The Labute approximate surface area is 390 Å². The van der Waals surface area contributed by atoms with E-state index >= 15 is 0 Å². The molecule has 0 atom stereocenters. The van der Waals surface area contributed by atoms with E-state index < -0.39 is 5.41 Å². The van der Waals surface area contributed by atoms with Gasteiger partial charge in [0.2, 0.25) is 0 Å². The first-order valence-electron chi connectivity index (χ1n) is 23.1. The average Bonchev–Trinajstić information content (AvgIpc) is 3.96. The molecule has 0 spiro atoms. The van der Waals surface area contributed by atoms with Crippen LogP contribution >= 0.6 is 0 Å². The summed E-state index contributed by atoms with van der Waals surface area (Å²) in [6.45, 7) is 0. The molecule has 67 heavy (non-hydrogen) atoms. The molecule has 3 nitrogen and oxygen atoms in total. The van der Waals surface area contributed by atoms with E-state index in [1.807, 2.05) is 0 Å². The zero-order chi connectivity index (χ0) is 44.3. The maximum absolute atomic E-state index is 5.57. The second-order valence-corrected chi connectivity index (χ2v) is 17.4. The van der Waals surface area contributed by atoms with Crippen molar-refractivity contribution in [2.45, 2.75) is 5.41 Å². The summed E-state index contributed by atoms with van der Waals surface area (Å²) >= 11 is 0. The van der Waals surface area contributed by atoms with Gasteiger partial charge in [-0.1, -0.05) is 231 Å². The standard InChI is InChI=1S/C64H43N3/c1-6-23-45(24-7-1)59-42-48-40-41-51(43-54(48)63-60(46-25-8-2-9-26-46)62(65-67(59)63)47-27-10-3-11-28-47)66(57-38-20-29-44-22-16-17-34-52(44)57)58-39-21-37-56-61(58)53-35-18-19-36-55(53)64(56,49-30-12-4-13-31-49)50-32-14-5-15-33-50/h1-43H. The van der Waals surface area contributed by atoms with Crippen molar-refractivity contribution in [3.05, 3.63) is 283 Å². The summed E-state index contributed by atoms with van der Waals surface area (Å²) in [7, 11) is 0. The monoisotopic (exact) mass is 853 g/mol. The number of nitrogens with zero attached hydrogens (tertiary/aromatic N) is 3. The minimum absolute atomic E-state index is 0.547. The van der Waals surface area contributed by atoms with Gasteiger partial charge in [-0.3, -0.25) is 0 Å². The molecule has 314 valence electrons. The Kier molecular flexibility index (Phi) is 9.07. The van der Waals surface area contributed by atoms with Gasteiger partial charge >= 0.3 is 0 Å². The molecule has 0 saturated carbocycles. The van der Waals surface area contributed by atoms with Crippen LogP contribution in [0.4, 0.5) is 17.1 Å². The first-order chi connectivity index (χ1) is 33.3. The number of aromatic nitrogens is 2. The van der Waals surface area contributed by atoms with Crippen LogP contribution in [0.2, 0.25) is 0 Å². The van der Waals surface area contributed by atoms with Gasteiger partial charge < -0.3 is 4.90 Å². The maximum Gasteiger partial charge on any atom is 0.101 e. The average molecular weight is 854 g/mol. The van der Waals surface area contributed by atoms with Gasteiger partial charge in [0.1, 0.15) is 5.69 Å². The fraction of sp³-hybridized carbons (Fsp3) is 0.0156. The van der Waals surface area contributed by atoms with Gasteiger partial charge in [-0.2, -0.15) is 5.10 Å². The Hall–Kier alpha value is -8.79. The van der Waals surface area contributed by atoms with Gasteiger partial charge in [-0.05, 0) is 74.5 Å². The first-order valence-corrected chi connectivity index (χ1v) is 23.1. The van der Waals surface area contributed by atoms with E-state index in [1.165, 1.54) is 44.2 Å². The van der Waals surface area contributed by atoms with Gasteiger partial charge in [0.15, 0.2) is 0 Å². The fourth-order valence-corrected chi connectivity index (χ4v) is 11.0. The van der Waals surface area contributed by atoms with E-state index in [9.17, 15) is 0 Å². The molecule has 0 unspecified atom stereocenters. The Bertz CT molecular complexity index is 3740. The van der Waals surface area contributed by atoms with Gasteiger partial charge in [0, 0.05) is 38.7 Å². The van der Waals surface area contributed by atoms with Gasteiger partial charge in [-0.15, -0.1) is 0 Å². The van der Waals surface area contributed by atoms with Crippen molar-refractivity contribution in [2.75, 3.05) is 4.90 Å². The molecule has 0 fully saturated rings. The molecule has 12 aromatic rings. The minimum Gasteiger partial charge on any atom is -0.309 e. The lowest BCUT2D eigenvalue weighted by Gasteiger charge is -2.34. The lowest BCUT2D eigenvalue weighted by atomic mass is 9.68. The summed E-state index contributed by atoms with van der Waals surface area (Å²) in [6.07, 6.45) is 0. The van der Waals surface area contributed by atoms with E-state index in [-0.39, 0.29) is 0 Å². The molecule has 1 aliphatic rings. The normalized spacial score (nSPS) is 12.6. The molecule has 10 aromatic carbocycles. The molecule has 0 radical (unpaired) electrons. The number of rotatable bonds is 8. The van der Waals surface area contributed by atoms with Crippen LogP contribution in [0, 0.1) is 0 Å². The Morgan fingerprint density at radius 2 is 0.925 bits per heavy atom. The fourth-order valence-electron chi connectivity index (χ4n) is 11.0. The third kappa shape index (κ3) is 6.02. The number of fused-ring (bicyclic) bond motifs is 7. The lowest BCUT2D eigenvalue weighted by Crippen LogP contribution is -2.28. The molecule has 1 aliphatic carbocycles. The molecular weight excluding hydrogens is 811 g/mol. The largest absolute Gasteiger partial charge is 0.309 e. The zero-order valence-corrected chi connectivity index (χ0v) is 36.7. The highest BCUT2D eigenvalue weighted by atomic mass is 15.2. The molecule has 3 heteroatoms. The Morgan fingerprint density at radius 1 is 0.373 bits per heavy atom. The maximum atomic E-state index is 5.57. The second kappa shape index (κ2) is 15.7. The van der Waals surface area contributed by atoms with Gasteiger partial charge in [0.05, 0.1) is 28.0 Å². The highest BCUT2D eigenvalue weighted by molar-refractivity contribution is 6.11. The van der Waals surface area contributed by atoms with E-state index in [0.717, 1.165) is 67.0 Å². The molecule has 2 heterocycles. The molecule has 0 saturated heterocycles. The Morgan fingerprint density at radius 3 is 1.64 bits per heavy atom. The zero-order valence-electron chi connectivity index (χ0n) is 36.7. The van der Waals surface area contributed by atoms with E-state index in [0.29, 0.717) is 0 Å². The van der Waals surface area contributed by atoms with Crippen LogP contribution in [0.5, 0.6) is 0 Å². The second-order valence-electron chi connectivity index (χ2n) is 17.4. The van der Waals surface area contributed by atoms with Crippen molar-refractivity contribution >= 4 is 44.1 Å².